The smallest absolute Gasteiger partial charge is 0.277 e. The highest BCUT2D eigenvalue weighted by molar-refractivity contribution is 8.00. The molecule has 0 aliphatic rings. The van der Waals surface area contributed by atoms with Crippen LogP contribution in [0.5, 0.6) is 5.75 Å². The summed E-state index contributed by atoms with van der Waals surface area (Å²) in [5.41, 5.74) is 3.20. The molecular formula is C23H20N4O3S. The molecule has 4 aromatic rings. The van der Waals surface area contributed by atoms with Crippen LogP contribution in [0.2, 0.25) is 0 Å². The molecule has 0 fully saturated rings. The summed E-state index contributed by atoms with van der Waals surface area (Å²) in [5, 5.41) is 10.9. The second-order valence-corrected chi connectivity index (χ2v) is 7.77. The van der Waals surface area contributed by atoms with E-state index in [1.165, 1.54) is 11.8 Å². The third-order valence-corrected chi connectivity index (χ3v) is 5.59. The Bertz CT molecular complexity index is 1170. The number of methoxy groups -OCH3 is 1. The quantitative estimate of drug-likeness (QED) is 0.415. The summed E-state index contributed by atoms with van der Waals surface area (Å²) >= 11 is 1.19. The maximum atomic E-state index is 13.3. The number of ether oxygens (including phenoxy) is 1. The molecule has 0 bridgehead atoms. The van der Waals surface area contributed by atoms with Crippen LogP contribution in [0.25, 0.3) is 11.5 Å². The third kappa shape index (κ3) is 4.92. The first-order valence-electron chi connectivity index (χ1n) is 9.55. The molecule has 1 N–H and O–H groups in total. The number of nitrogens with zero attached hydrogens (tertiary/aromatic N) is 3. The predicted molar refractivity (Wildman–Crippen MR) is 119 cm³/mol. The highest BCUT2D eigenvalue weighted by Crippen LogP contribution is 2.37. The van der Waals surface area contributed by atoms with E-state index in [4.69, 9.17) is 9.15 Å². The van der Waals surface area contributed by atoms with Crippen molar-refractivity contribution in [2.45, 2.75) is 17.4 Å². The van der Waals surface area contributed by atoms with Crippen LogP contribution in [-0.4, -0.2) is 28.2 Å². The van der Waals surface area contributed by atoms with Crippen molar-refractivity contribution in [3.8, 4) is 17.2 Å². The summed E-state index contributed by atoms with van der Waals surface area (Å²) in [6, 6.07) is 18.7. The average Bonchev–Trinajstić information content (AvgIpc) is 3.27. The molecule has 1 atom stereocenters. The van der Waals surface area contributed by atoms with E-state index in [1.54, 1.807) is 31.6 Å². The molecule has 1 unspecified atom stereocenters. The molecule has 0 aliphatic heterocycles. The number of hydrogen-bond donors (Lipinski definition) is 1. The fourth-order valence-electron chi connectivity index (χ4n) is 2.99. The number of pyridine rings is 1. The number of aromatic nitrogens is 3. The van der Waals surface area contributed by atoms with Crippen LogP contribution in [0, 0.1) is 6.92 Å². The lowest BCUT2D eigenvalue weighted by Gasteiger charge is -2.17. The van der Waals surface area contributed by atoms with E-state index in [1.807, 2.05) is 55.5 Å². The average molecular weight is 433 g/mol. The van der Waals surface area contributed by atoms with Crippen LogP contribution in [0.4, 0.5) is 5.69 Å². The van der Waals surface area contributed by atoms with Gasteiger partial charge < -0.3 is 14.5 Å². The number of carbonyl (C=O) groups is 1. The molecule has 2 aromatic heterocycles. The zero-order chi connectivity index (χ0) is 21.6. The number of rotatable bonds is 7. The highest BCUT2D eigenvalue weighted by Gasteiger charge is 2.26. The Hall–Kier alpha value is -3.65. The fraction of sp³-hybridized carbons (Fsp3) is 0.130. The SMILES string of the molecule is COc1ccc(C)cc1NC(=O)C(Sc1nnc(-c2ccncc2)o1)c1ccccc1. The van der Waals surface area contributed by atoms with Crippen molar-refractivity contribution in [3.05, 3.63) is 84.2 Å². The molecule has 156 valence electrons. The topological polar surface area (TPSA) is 90.1 Å². The number of amides is 1. The first-order valence-corrected chi connectivity index (χ1v) is 10.4. The summed E-state index contributed by atoms with van der Waals surface area (Å²) in [6.45, 7) is 1.96. The maximum absolute atomic E-state index is 13.3. The standard InChI is InChI=1S/C23H20N4O3S/c1-15-8-9-19(29-2)18(14-15)25-21(28)20(16-6-4-3-5-7-16)31-23-27-26-22(30-23)17-10-12-24-13-11-17/h3-14,20H,1-2H3,(H,25,28). The van der Waals surface area contributed by atoms with Gasteiger partial charge in [-0.25, -0.2) is 0 Å². The van der Waals surface area contributed by atoms with Gasteiger partial charge in [0.15, 0.2) is 0 Å². The van der Waals surface area contributed by atoms with Crippen LogP contribution in [0.3, 0.4) is 0 Å². The lowest BCUT2D eigenvalue weighted by Crippen LogP contribution is -2.19. The van der Waals surface area contributed by atoms with E-state index >= 15 is 0 Å². The number of nitrogens with one attached hydrogen (secondary N) is 1. The van der Waals surface area contributed by atoms with Crippen molar-refractivity contribution in [3.63, 3.8) is 0 Å². The van der Waals surface area contributed by atoms with Gasteiger partial charge in [-0.1, -0.05) is 36.4 Å². The predicted octanol–water partition coefficient (Wildman–Crippen LogP) is 4.92. The Labute approximate surface area is 183 Å². The first kappa shape index (κ1) is 20.6. The number of thioether (sulfide) groups is 1. The molecule has 31 heavy (non-hydrogen) atoms. The molecule has 2 aromatic carbocycles. The molecule has 4 rings (SSSR count). The summed E-state index contributed by atoms with van der Waals surface area (Å²) in [7, 11) is 1.57. The molecule has 8 heteroatoms. The second kappa shape index (κ2) is 9.44. The molecule has 2 heterocycles. The third-order valence-electron chi connectivity index (χ3n) is 4.51. The van der Waals surface area contributed by atoms with Crippen LogP contribution in [0.1, 0.15) is 16.4 Å². The lowest BCUT2D eigenvalue weighted by atomic mass is 10.1. The molecule has 0 spiro atoms. The summed E-state index contributed by atoms with van der Waals surface area (Å²) in [6.07, 6.45) is 3.31. The van der Waals surface area contributed by atoms with Gasteiger partial charge in [0, 0.05) is 18.0 Å². The lowest BCUT2D eigenvalue weighted by molar-refractivity contribution is -0.115. The van der Waals surface area contributed by atoms with Gasteiger partial charge in [-0.3, -0.25) is 9.78 Å². The minimum Gasteiger partial charge on any atom is -0.495 e. The number of carbonyl (C=O) groups excluding carboxylic acids is 1. The van der Waals surface area contributed by atoms with Crippen molar-refractivity contribution < 1.29 is 13.9 Å². The number of aryl methyl sites for hydroxylation is 1. The monoisotopic (exact) mass is 432 g/mol. The summed E-state index contributed by atoms with van der Waals surface area (Å²) < 4.78 is 11.2. The van der Waals surface area contributed by atoms with Crippen molar-refractivity contribution in [1.82, 2.24) is 15.2 Å². The maximum Gasteiger partial charge on any atom is 0.277 e. The van der Waals surface area contributed by atoms with E-state index in [0.717, 1.165) is 16.7 Å². The van der Waals surface area contributed by atoms with E-state index in [9.17, 15) is 4.79 Å². The van der Waals surface area contributed by atoms with Crippen LogP contribution in [-0.2, 0) is 4.79 Å². The Kier molecular flexibility index (Phi) is 6.28. The van der Waals surface area contributed by atoms with E-state index in [-0.39, 0.29) is 5.91 Å². The van der Waals surface area contributed by atoms with Crippen LogP contribution < -0.4 is 10.1 Å². The molecule has 0 saturated heterocycles. The molecule has 1 amide bonds. The van der Waals surface area contributed by atoms with Gasteiger partial charge in [0.25, 0.3) is 5.22 Å². The second-order valence-electron chi connectivity index (χ2n) is 6.71. The summed E-state index contributed by atoms with van der Waals surface area (Å²) in [5.74, 6) is 0.745. The van der Waals surface area contributed by atoms with Crippen molar-refractivity contribution in [1.29, 1.82) is 0 Å². The van der Waals surface area contributed by atoms with Crippen molar-refractivity contribution in [2.75, 3.05) is 12.4 Å². The zero-order valence-electron chi connectivity index (χ0n) is 17.0. The number of hydrogen-bond acceptors (Lipinski definition) is 7. The Morgan fingerprint density at radius 2 is 1.84 bits per heavy atom. The fourth-order valence-corrected chi connectivity index (χ4v) is 3.86. The molecule has 0 aliphatic carbocycles. The van der Waals surface area contributed by atoms with Gasteiger partial charge in [0.05, 0.1) is 12.8 Å². The van der Waals surface area contributed by atoms with Gasteiger partial charge >= 0.3 is 0 Å². The van der Waals surface area contributed by atoms with Gasteiger partial charge in [-0.2, -0.15) is 0 Å². The molecule has 7 nitrogen and oxygen atoms in total. The Morgan fingerprint density at radius 1 is 1.06 bits per heavy atom. The Morgan fingerprint density at radius 3 is 2.58 bits per heavy atom. The van der Waals surface area contributed by atoms with E-state index in [0.29, 0.717) is 22.6 Å². The van der Waals surface area contributed by atoms with Gasteiger partial charge in [-0.05, 0) is 54.1 Å². The van der Waals surface area contributed by atoms with Crippen LogP contribution >= 0.6 is 11.8 Å². The van der Waals surface area contributed by atoms with Gasteiger partial charge in [0.1, 0.15) is 11.0 Å². The minimum absolute atomic E-state index is 0.219. The zero-order valence-corrected chi connectivity index (χ0v) is 17.8. The van der Waals surface area contributed by atoms with Gasteiger partial charge in [-0.15, -0.1) is 10.2 Å². The van der Waals surface area contributed by atoms with Crippen molar-refractivity contribution in [2.24, 2.45) is 0 Å². The normalized spacial score (nSPS) is 11.7. The molecule has 0 saturated carbocycles. The first-order chi connectivity index (χ1) is 15.1. The number of anilines is 1. The molecule has 0 radical (unpaired) electrons. The van der Waals surface area contributed by atoms with E-state index < -0.39 is 5.25 Å². The minimum atomic E-state index is -0.600. The van der Waals surface area contributed by atoms with Crippen LogP contribution in [0.15, 0.2) is 82.7 Å². The summed E-state index contributed by atoms with van der Waals surface area (Å²) in [4.78, 5) is 17.3. The molecular weight excluding hydrogens is 412 g/mol. The number of benzene rings is 2. The van der Waals surface area contributed by atoms with Crippen molar-refractivity contribution >= 4 is 23.4 Å². The highest BCUT2D eigenvalue weighted by atomic mass is 32.2. The largest absolute Gasteiger partial charge is 0.495 e. The Balaban J connectivity index is 1.61. The van der Waals surface area contributed by atoms with Gasteiger partial charge in [0.2, 0.25) is 11.8 Å². The van der Waals surface area contributed by atoms with E-state index in [2.05, 4.69) is 20.5 Å².